The van der Waals surface area contributed by atoms with Gasteiger partial charge in [-0.1, -0.05) is 13.8 Å². The van der Waals surface area contributed by atoms with Gasteiger partial charge >= 0.3 is 0 Å². The summed E-state index contributed by atoms with van der Waals surface area (Å²) in [6.07, 6.45) is 0.466. The molecule has 0 bridgehead atoms. The van der Waals surface area contributed by atoms with Gasteiger partial charge in [0.2, 0.25) is 11.8 Å². The van der Waals surface area contributed by atoms with Gasteiger partial charge in [0.1, 0.15) is 12.1 Å². The monoisotopic (exact) mass is 226 g/mol. The number of nitrogens with zero attached hydrogens (tertiary/aromatic N) is 1. The van der Waals surface area contributed by atoms with E-state index < -0.39 is 18.2 Å². The zero-order valence-electron chi connectivity index (χ0n) is 9.64. The number of rotatable bonds is 2. The molecule has 2 aliphatic heterocycles. The van der Waals surface area contributed by atoms with Gasteiger partial charge in [-0.05, 0) is 12.3 Å². The SMILES string of the molecule is CC(C)C[C@@H]1NC(=O)[C@@H]2CC(O)CN2C1=O. The van der Waals surface area contributed by atoms with Crippen molar-refractivity contribution < 1.29 is 14.7 Å². The molecule has 2 saturated heterocycles. The van der Waals surface area contributed by atoms with E-state index in [9.17, 15) is 14.7 Å². The third-order valence-corrected chi connectivity index (χ3v) is 3.19. The van der Waals surface area contributed by atoms with Gasteiger partial charge in [0.15, 0.2) is 0 Å². The number of aliphatic hydroxyl groups is 1. The highest BCUT2D eigenvalue weighted by Crippen LogP contribution is 2.24. The van der Waals surface area contributed by atoms with E-state index in [1.807, 2.05) is 13.8 Å². The van der Waals surface area contributed by atoms with Crippen LogP contribution >= 0.6 is 0 Å². The average molecular weight is 226 g/mol. The van der Waals surface area contributed by atoms with Gasteiger partial charge in [-0.15, -0.1) is 0 Å². The molecule has 2 aliphatic rings. The van der Waals surface area contributed by atoms with Crippen LogP contribution in [0, 0.1) is 5.92 Å². The van der Waals surface area contributed by atoms with Gasteiger partial charge in [-0.2, -0.15) is 0 Å². The fraction of sp³-hybridized carbons (Fsp3) is 0.818. The van der Waals surface area contributed by atoms with E-state index in [-0.39, 0.29) is 11.8 Å². The Labute approximate surface area is 94.8 Å². The first-order valence-electron chi connectivity index (χ1n) is 5.78. The van der Waals surface area contributed by atoms with Gasteiger partial charge in [-0.3, -0.25) is 9.59 Å². The Balaban J connectivity index is 2.12. The summed E-state index contributed by atoms with van der Waals surface area (Å²) in [5.41, 5.74) is 0. The van der Waals surface area contributed by atoms with Crippen LogP contribution in [0.3, 0.4) is 0 Å². The lowest BCUT2D eigenvalue weighted by Crippen LogP contribution is -2.61. The predicted molar refractivity (Wildman–Crippen MR) is 57.5 cm³/mol. The number of piperazine rings is 1. The molecule has 90 valence electrons. The number of fused-ring (bicyclic) bond motifs is 1. The third kappa shape index (κ3) is 1.91. The summed E-state index contributed by atoms with van der Waals surface area (Å²) in [4.78, 5) is 25.3. The summed E-state index contributed by atoms with van der Waals surface area (Å²) in [6, 6.07) is -0.861. The van der Waals surface area contributed by atoms with Crippen LogP contribution in [0.2, 0.25) is 0 Å². The highest BCUT2D eigenvalue weighted by Gasteiger charge is 2.45. The Bertz CT molecular complexity index is 316. The summed E-state index contributed by atoms with van der Waals surface area (Å²) >= 11 is 0. The molecule has 0 aliphatic carbocycles. The molecule has 0 saturated carbocycles. The molecule has 5 nitrogen and oxygen atoms in total. The fourth-order valence-electron chi connectivity index (χ4n) is 2.47. The summed E-state index contributed by atoms with van der Waals surface area (Å²) < 4.78 is 0. The van der Waals surface area contributed by atoms with Crippen molar-refractivity contribution in [1.82, 2.24) is 10.2 Å². The summed E-state index contributed by atoms with van der Waals surface area (Å²) in [5, 5.41) is 12.2. The Morgan fingerprint density at radius 2 is 2.19 bits per heavy atom. The molecule has 2 heterocycles. The normalized spacial score (nSPS) is 34.2. The number of hydrogen-bond donors (Lipinski definition) is 2. The molecule has 3 atom stereocenters. The van der Waals surface area contributed by atoms with E-state index in [1.54, 1.807) is 0 Å². The van der Waals surface area contributed by atoms with Crippen LogP contribution in [0.25, 0.3) is 0 Å². The Morgan fingerprint density at radius 3 is 2.81 bits per heavy atom. The van der Waals surface area contributed by atoms with E-state index >= 15 is 0 Å². The number of hydrogen-bond acceptors (Lipinski definition) is 3. The minimum atomic E-state index is -0.558. The van der Waals surface area contributed by atoms with Gasteiger partial charge in [-0.25, -0.2) is 0 Å². The quantitative estimate of drug-likeness (QED) is 0.666. The van der Waals surface area contributed by atoms with Crippen LogP contribution in [0.1, 0.15) is 26.7 Å². The van der Waals surface area contributed by atoms with E-state index in [4.69, 9.17) is 0 Å². The predicted octanol–water partition coefficient (Wildman–Crippen LogP) is -0.507. The Hall–Kier alpha value is -1.10. The Kier molecular flexibility index (Phi) is 2.88. The van der Waals surface area contributed by atoms with Crippen molar-refractivity contribution in [2.75, 3.05) is 6.54 Å². The van der Waals surface area contributed by atoms with Crippen LogP contribution in [0.4, 0.5) is 0 Å². The summed E-state index contributed by atoms with van der Waals surface area (Å²) in [7, 11) is 0. The van der Waals surface area contributed by atoms with E-state index in [2.05, 4.69) is 5.32 Å². The van der Waals surface area contributed by atoms with Crippen LogP contribution in [0.15, 0.2) is 0 Å². The maximum Gasteiger partial charge on any atom is 0.245 e. The second-order valence-electron chi connectivity index (χ2n) is 5.09. The number of carbonyl (C=O) groups excluding carboxylic acids is 2. The summed E-state index contributed by atoms with van der Waals surface area (Å²) in [6.45, 7) is 4.33. The van der Waals surface area contributed by atoms with Gasteiger partial charge in [0, 0.05) is 13.0 Å². The average Bonchev–Trinajstić information content (AvgIpc) is 2.56. The number of carbonyl (C=O) groups is 2. The molecule has 16 heavy (non-hydrogen) atoms. The molecule has 2 amide bonds. The second-order valence-corrected chi connectivity index (χ2v) is 5.09. The molecule has 0 aromatic rings. The number of nitrogens with one attached hydrogen (secondary N) is 1. The van der Waals surface area contributed by atoms with Crippen molar-refractivity contribution in [3.8, 4) is 0 Å². The molecular formula is C11H18N2O3. The van der Waals surface area contributed by atoms with Crippen molar-refractivity contribution in [1.29, 1.82) is 0 Å². The van der Waals surface area contributed by atoms with Gasteiger partial charge in [0.05, 0.1) is 6.10 Å². The van der Waals surface area contributed by atoms with Crippen molar-refractivity contribution in [3.63, 3.8) is 0 Å². The zero-order valence-corrected chi connectivity index (χ0v) is 9.64. The fourth-order valence-corrected chi connectivity index (χ4v) is 2.47. The first-order chi connectivity index (χ1) is 7.49. The maximum atomic E-state index is 12.0. The lowest BCUT2D eigenvalue weighted by molar-refractivity contribution is -0.147. The van der Waals surface area contributed by atoms with Crippen molar-refractivity contribution in [2.24, 2.45) is 5.92 Å². The molecule has 0 spiro atoms. The van der Waals surface area contributed by atoms with Crippen LogP contribution < -0.4 is 5.32 Å². The highest BCUT2D eigenvalue weighted by molar-refractivity contribution is 5.97. The van der Waals surface area contributed by atoms with Crippen LogP contribution in [-0.4, -0.2) is 46.6 Å². The molecule has 5 heteroatoms. The highest BCUT2D eigenvalue weighted by atomic mass is 16.3. The smallest absolute Gasteiger partial charge is 0.245 e. The molecule has 2 fully saturated rings. The maximum absolute atomic E-state index is 12.0. The number of amides is 2. The lowest BCUT2D eigenvalue weighted by atomic mass is 9.99. The molecule has 0 aromatic heterocycles. The minimum absolute atomic E-state index is 0.0464. The van der Waals surface area contributed by atoms with Crippen molar-refractivity contribution in [2.45, 2.75) is 44.9 Å². The van der Waals surface area contributed by atoms with E-state index in [0.717, 1.165) is 0 Å². The molecule has 1 unspecified atom stereocenters. The van der Waals surface area contributed by atoms with Crippen molar-refractivity contribution in [3.05, 3.63) is 0 Å². The lowest BCUT2D eigenvalue weighted by Gasteiger charge is -2.35. The summed E-state index contributed by atoms with van der Waals surface area (Å²) in [5.74, 6) is 0.190. The second kappa shape index (κ2) is 4.05. The molecule has 2 rings (SSSR count). The topological polar surface area (TPSA) is 69.6 Å². The molecule has 2 N–H and O–H groups in total. The minimum Gasteiger partial charge on any atom is -0.391 e. The number of aliphatic hydroxyl groups excluding tert-OH is 1. The van der Waals surface area contributed by atoms with Crippen LogP contribution in [-0.2, 0) is 9.59 Å². The van der Waals surface area contributed by atoms with Crippen LogP contribution in [0.5, 0.6) is 0 Å². The van der Waals surface area contributed by atoms with Gasteiger partial charge in [0.25, 0.3) is 0 Å². The molecule has 0 aromatic carbocycles. The largest absolute Gasteiger partial charge is 0.391 e. The molecule has 0 radical (unpaired) electrons. The van der Waals surface area contributed by atoms with Crippen molar-refractivity contribution >= 4 is 11.8 Å². The van der Waals surface area contributed by atoms with E-state index in [0.29, 0.717) is 25.3 Å². The first-order valence-corrected chi connectivity index (χ1v) is 5.78. The molecular weight excluding hydrogens is 208 g/mol. The standard InChI is InChI=1S/C11H18N2O3/c1-6(2)3-8-11(16)13-5-7(14)4-9(13)10(15)12-8/h6-9,14H,3-5H2,1-2H3,(H,12,15)/t7?,8-,9-/m0/s1. The zero-order chi connectivity index (χ0) is 11.9. The third-order valence-electron chi connectivity index (χ3n) is 3.19. The first kappa shape index (κ1) is 11.4. The van der Waals surface area contributed by atoms with Gasteiger partial charge < -0.3 is 15.3 Å². The Morgan fingerprint density at radius 1 is 1.50 bits per heavy atom. The van der Waals surface area contributed by atoms with E-state index in [1.165, 1.54) is 4.90 Å².